The molecule has 0 aliphatic heterocycles. The van der Waals surface area contributed by atoms with E-state index in [1.807, 2.05) is 31.3 Å². The van der Waals surface area contributed by atoms with Crippen molar-refractivity contribution >= 4 is 34.0 Å². The third-order valence-corrected chi connectivity index (χ3v) is 4.52. The van der Waals surface area contributed by atoms with Crippen molar-refractivity contribution in [2.24, 2.45) is 0 Å². The maximum atomic E-state index is 6.36. The van der Waals surface area contributed by atoms with Crippen LogP contribution in [-0.4, -0.2) is 7.05 Å². The van der Waals surface area contributed by atoms with Gasteiger partial charge >= 0.3 is 0 Å². The van der Waals surface area contributed by atoms with Crippen molar-refractivity contribution in [1.82, 2.24) is 5.32 Å². The van der Waals surface area contributed by atoms with E-state index in [0.717, 1.165) is 5.56 Å². The van der Waals surface area contributed by atoms with E-state index in [-0.39, 0.29) is 6.04 Å². The van der Waals surface area contributed by atoms with Crippen molar-refractivity contribution in [2.75, 3.05) is 7.05 Å². The van der Waals surface area contributed by atoms with Gasteiger partial charge in [-0.05, 0) is 41.1 Å². The normalized spacial score (nSPS) is 12.5. The molecule has 0 aromatic heterocycles. The van der Waals surface area contributed by atoms with Gasteiger partial charge in [-0.25, -0.2) is 0 Å². The lowest BCUT2D eigenvalue weighted by atomic mass is 9.96. The summed E-state index contributed by atoms with van der Waals surface area (Å²) in [6, 6.07) is 20.5. The lowest BCUT2D eigenvalue weighted by molar-refractivity contribution is 0.693. The summed E-state index contributed by atoms with van der Waals surface area (Å²) in [5.41, 5.74) is 2.15. The minimum Gasteiger partial charge on any atom is -0.309 e. The van der Waals surface area contributed by atoms with Crippen molar-refractivity contribution in [3.63, 3.8) is 0 Å². The van der Waals surface area contributed by atoms with E-state index in [0.29, 0.717) is 10.0 Å². The molecule has 0 saturated carbocycles. The van der Waals surface area contributed by atoms with Gasteiger partial charge in [0.15, 0.2) is 0 Å². The van der Waals surface area contributed by atoms with Gasteiger partial charge in [0, 0.05) is 0 Å². The third kappa shape index (κ3) is 2.77. The number of fused-ring (bicyclic) bond motifs is 1. The fraction of sp³-hybridized carbons (Fsp3) is 0.111. The van der Waals surface area contributed by atoms with Crippen LogP contribution < -0.4 is 5.32 Å². The number of rotatable bonds is 3. The molecule has 0 aliphatic carbocycles. The number of hydrogen-bond donors (Lipinski definition) is 1. The molecule has 3 rings (SSSR count). The van der Waals surface area contributed by atoms with Crippen molar-refractivity contribution in [1.29, 1.82) is 0 Å². The van der Waals surface area contributed by atoms with Gasteiger partial charge in [0.25, 0.3) is 0 Å². The lowest BCUT2D eigenvalue weighted by Crippen LogP contribution is -2.18. The second kappa shape index (κ2) is 6.07. The van der Waals surface area contributed by atoms with E-state index in [9.17, 15) is 0 Å². The molecule has 0 saturated heterocycles. The molecule has 106 valence electrons. The minimum atomic E-state index is 0.0146. The van der Waals surface area contributed by atoms with Gasteiger partial charge in [-0.15, -0.1) is 0 Å². The van der Waals surface area contributed by atoms with Crippen molar-refractivity contribution in [2.45, 2.75) is 6.04 Å². The molecule has 0 bridgehead atoms. The average Bonchev–Trinajstić information content (AvgIpc) is 2.52. The summed E-state index contributed by atoms with van der Waals surface area (Å²) in [7, 11) is 1.93. The lowest BCUT2D eigenvalue weighted by Gasteiger charge is -2.19. The van der Waals surface area contributed by atoms with Gasteiger partial charge in [-0.2, -0.15) is 0 Å². The highest BCUT2D eigenvalue weighted by Gasteiger charge is 2.16. The molecule has 1 N–H and O–H groups in total. The van der Waals surface area contributed by atoms with Crippen molar-refractivity contribution in [3.8, 4) is 0 Å². The largest absolute Gasteiger partial charge is 0.309 e. The predicted octanol–water partition coefficient (Wildman–Crippen LogP) is 5.46. The Morgan fingerprint density at radius 3 is 2.38 bits per heavy atom. The van der Waals surface area contributed by atoms with E-state index < -0.39 is 0 Å². The summed E-state index contributed by atoms with van der Waals surface area (Å²) in [4.78, 5) is 0. The topological polar surface area (TPSA) is 12.0 Å². The number of halogens is 2. The molecule has 0 aliphatic rings. The van der Waals surface area contributed by atoms with E-state index in [1.54, 1.807) is 6.07 Å². The molecule has 0 fully saturated rings. The maximum Gasteiger partial charge on any atom is 0.0643 e. The summed E-state index contributed by atoms with van der Waals surface area (Å²) in [6.07, 6.45) is 0. The van der Waals surface area contributed by atoms with Crippen molar-refractivity contribution in [3.05, 3.63) is 81.8 Å². The first-order chi connectivity index (χ1) is 10.2. The zero-order valence-corrected chi connectivity index (χ0v) is 13.1. The van der Waals surface area contributed by atoms with Crippen LogP contribution in [-0.2, 0) is 0 Å². The molecule has 0 radical (unpaired) electrons. The van der Waals surface area contributed by atoms with Crippen LogP contribution in [0.5, 0.6) is 0 Å². The van der Waals surface area contributed by atoms with Crippen LogP contribution >= 0.6 is 23.2 Å². The molecule has 1 atom stereocenters. The number of nitrogens with one attached hydrogen (secondary N) is 1. The van der Waals surface area contributed by atoms with Crippen molar-refractivity contribution < 1.29 is 0 Å². The van der Waals surface area contributed by atoms with Gasteiger partial charge < -0.3 is 5.32 Å². The molecule has 1 unspecified atom stereocenters. The number of hydrogen-bond acceptors (Lipinski definition) is 1. The summed E-state index contributed by atoms with van der Waals surface area (Å²) in [5, 5.41) is 6.95. The number of benzene rings is 3. The Kier molecular flexibility index (Phi) is 4.16. The fourth-order valence-electron chi connectivity index (χ4n) is 2.63. The summed E-state index contributed by atoms with van der Waals surface area (Å²) >= 11 is 12.5. The highest BCUT2D eigenvalue weighted by molar-refractivity contribution is 6.42. The molecule has 1 nitrogen and oxygen atoms in total. The molecule has 0 heterocycles. The zero-order valence-electron chi connectivity index (χ0n) is 11.6. The van der Waals surface area contributed by atoms with E-state index in [1.165, 1.54) is 16.3 Å². The Morgan fingerprint density at radius 2 is 1.62 bits per heavy atom. The molecule has 21 heavy (non-hydrogen) atoms. The van der Waals surface area contributed by atoms with Gasteiger partial charge in [0.1, 0.15) is 0 Å². The molecule has 3 heteroatoms. The van der Waals surface area contributed by atoms with Crippen LogP contribution in [0.3, 0.4) is 0 Å². The van der Waals surface area contributed by atoms with Gasteiger partial charge in [0.05, 0.1) is 16.1 Å². The summed E-state index contributed by atoms with van der Waals surface area (Å²) < 4.78 is 0. The Morgan fingerprint density at radius 1 is 0.857 bits per heavy atom. The first kappa shape index (κ1) is 14.4. The van der Waals surface area contributed by atoms with Crippen LogP contribution in [0.25, 0.3) is 10.8 Å². The van der Waals surface area contributed by atoms with Gasteiger partial charge in [0.2, 0.25) is 0 Å². The van der Waals surface area contributed by atoms with E-state index >= 15 is 0 Å². The van der Waals surface area contributed by atoms with Gasteiger partial charge in [-0.3, -0.25) is 0 Å². The highest BCUT2D eigenvalue weighted by Crippen LogP contribution is 2.33. The summed E-state index contributed by atoms with van der Waals surface area (Å²) in [5.74, 6) is 0. The Hall–Kier alpha value is -1.54. The first-order valence-electron chi connectivity index (χ1n) is 6.80. The first-order valence-corrected chi connectivity index (χ1v) is 7.56. The molecular formula is C18H15Cl2N. The maximum absolute atomic E-state index is 6.36. The molecule has 3 aromatic carbocycles. The van der Waals surface area contributed by atoms with E-state index in [4.69, 9.17) is 23.2 Å². The average molecular weight is 316 g/mol. The molecular weight excluding hydrogens is 301 g/mol. The molecule has 3 aromatic rings. The zero-order chi connectivity index (χ0) is 14.8. The Labute approximate surface area is 134 Å². The second-order valence-electron chi connectivity index (χ2n) is 4.97. The molecule has 0 amide bonds. The van der Waals surface area contributed by atoms with Gasteiger partial charge in [-0.1, -0.05) is 71.7 Å². The van der Waals surface area contributed by atoms with Crippen LogP contribution in [0, 0.1) is 0 Å². The van der Waals surface area contributed by atoms with Crippen LogP contribution in [0.2, 0.25) is 10.0 Å². The molecule has 0 spiro atoms. The predicted molar refractivity (Wildman–Crippen MR) is 91.3 cm³/mol. The highest BCUT2D eigenvalue weighted by atomic mass is 35.5. The fourth-order valence-corrected chi connectivity index (χ4v) is 3.05. The van der Waals surface area contributed by atoms with Crippen LogP contribution in [0.15, 0.2) is 60.7 Å². The Balaban J connectivity index is 2.11. The van der Waals surface area contributed by atoms with E-state index in [2.05, 4.69) is 35.6 Å². The smallest absolute Gasteiger partial charge is 0.0643 e. The van der Waals surface area contributed by atoms with Crippen LogP contribution in [0.1, 0.15) is 17.2 Å². The monoisotopic (exact) mass is 315 g/mol. The Bertz CT molecular complexity index is 783. The second-order valence-corrected chi connectivity index (χ2v) is 5.76. The standard InChI is InChI=1S/C18H15Cl2N/c1-21-18(15-7-4-8-16(19)17(15)20)14-10-9-12-5-2-3-6-13(12)11-14/h2-11,18,21H,1H3. The van der Waals surface area contributed by atoms with Crippen LogP contribution in [0.4, 0.5) is 0 Å². The SMILES string of the molecule is CNC(c1ccc2ccccc2c1)c1cccc(Cl)c1Cl. The summed E-state index contributed by atoms with van der Waals surface area (Å²) in [6.45, 7) is 0. The quantitative estimate of drug-likeness (QED) is 0.677. The minimum absolute atomic E-state index is 0.0146. The third-order valence-electron chi connectivity index (χ3n) is 3.69.